The van der Waals surface area contributed by atoms with Crippen molar-refractivity contribution in [2.75, 3.05) is 13.1 Å². The molecule has 4 heteroatoms. The molecule has 1 aromatic rings. The zero-order chi connectivity index (χ0) is 13.9. The van der Waals surface area contributed by atoms with Gasteiger partial charge in [0.15, 0.2) is 0 Å². The molecule has 2 aliphatic rings. The number of aliphatic hydroxyl groups excluding tert-OH is 1. The van der Waals surface area contributed by atoms with Gasteiger partial charge in [-0.25, -0.2) is 0 Å². The molecule has 1 aliphatic heterocycles. The fraction of sp³-hybridized carbons (Fsp3) is 0.562. The highest BCUT2D eigenvalue weighted by Crippen LogP contribution is 2.34. The van der Waals surface area contributed by atoms with E-state index in [0.29, 0.717) is 0 Å². The first-order valence-electron chi connectivity index (χ1n) is 7.40. The van der Waals surface area contributed by atoms with Crippen LogP contribution in [0.25, 0.3) is 6.08 Å². The molecule has 0 radical (unpaired) electrons. The third-order valence-corrected chi connectivity index (χ3v) is 5.35. The fourth-order valence-corrected chi connectivity index (χ4v) is 4.23. The first kappa shape index (κ1) is 13.8. The monoisotopic (exact) mass is 291 g/mol. The Hall–Kier alpha value is -1.13. The van der Waals surface area contributed by atoms with E-state index in [0.717, 1.165) is 35.4 Å². The van der Waals surface area contributed by atoms with E-state index in [1.54, 1.807) is 17.4 Å². The predicted octanol–water partition coefficient (Wildman–Crippen LogP) is 2.90. The molecular formula is C16H21NO2S. The van der Waals surface area contributed by atoms with E-state index >= 15 is 0 Å². The van der Waals surface area contributed by atoms with Gasteiger partial charge < -0.3 is 10.0 Å². The van der Waals surface area contributed by atoms with E-state index in [-0.39, 0.29) is 12.5 Å². The summed E-state index contributed by atoms with van der Waals surface area (Å²) in [6.07, 6.45) is 8.79. The number of carbonyl (C=O) groups excluding carboxylic acids is 1. The van der Waals surface area contributed by atoms with Gasteiger partial charge >= 0.3 is 0 Å². The normalized spacial score (nSPS) is 26.1. The highest BCUT2D eigenvalue weighted by Gasteiger charge is 2.31. The van der Waals surface area contributed by atoms with Gasteiger partial charge in [-0.2, -0.15) is 0 Å². The van der Waals surface area contributed by atoms with Gasteiger partial charge in [0, 0.05) is 24.0 Å². The minimum atomic E-state index is 0.0633. The Morgan fingerprint density at radius 1 is 1.40 bits per heavy atom. The lowest BCUT2D eigenvalue weighted by molar-refractivity contribution is -0.129. The number of piperidine rings is 1. The van der Waals surface area contributed by atoms with Gasteiger partial charge in [-0.15, -0.1) is 11.3 Å². The number of aliphatic hydroxyl groups is 1. The zero-order valence-electron chi connectivity index (χ0n) is 11.6. The third-order valence-electron chi connectivity index (χ3n) is 4.41. The van der Waals surface area contributed by atoms with Crippen molar-refractivity contribution in [2.24, 2.45) is 11.8 Å². The van der Waals surface area contributed by atoms with E-state index in [1.807, 2.05) is 22.4 Å². The van der Waals surface area contributed by atoms with Crippen LogP contribution in [0.5, 0.6) is 0 Å². The van der Waals surface area contributed by atoms with Crippen molar-refractivity contribution in [2.45, 2.75) is 32.3 Å². The van der Waals surface area contributed by atoms with Gasteiger partial charge in [0.1, 0.15) is 0 Å². The van der Waals surface area contributed by atoms with Crippen molar-refractivity contribution < 1.29 is 9.90 Å². The third kappa shape index (κ3) is 3.13. The summed E-state index contributed by atoms with van der Waals surface area (Å²) >= 11 is 1.56. The van der Waals surface area contributed by atoms with Crippen molar-refractivity contribution in [1.82, 2.24) is 4.90 Å². The summed E-state index contributed by atoms with van der Waals surface area (Å²) in [5.74, 6) is 1.59. The van der Waals surface area contributed by atoms with Crippen LogP contribution in [-0.2, 0) is 11.4 Å². The number of fused-ring (bicyclic) bond motifs is 2. The van der Waals surface area contributed by atoms with Crippen LogP contribution in [0.15, 0.2) is 17.5 Å². The summed E-state index contributed by atoms with van der Waals surface area (Å²) < 4.78 is 0. The topological polar surface area (TPSA) is 40.5 Å². The molecule has 108 valence electrons. The Balaban J connectivity index is 1.61. The van der Waals surface area contributed by atoms with Gasteiger partial charge in [0.2, 0.25) is 5.91 Å². The number of amides is 1. The average Bonchev–Trinajstić information content (AvgIpc) is 2.92. The highest BCUT2D eigenvalue weighted by molar-refractivity contribution is 7.11. The van der Waals surface area contributed by atoms with Gasteiger partial charge in [0.05, 0.1) is 6.61 Å². The maximum Gasteiger partial charge on any atom is 0.246 e. The second-order valence-electron chi connectivity index (χ2n) is 5.99. The Kier molecular flexibility index (Phi) is 4.22. The molecule has 20 heavy (non-hydrogen) atoms. The second-order valence-corrected chi connectivity index (χ2v) is 6.93. The van der Waals surface area contributed by atoms with Crippen LogP contribution in [0.4, 0.5) is 0 Å². The first-order valence-corrected chi connectivity index (χ1v) is 8.28. The van der Waals surface area contributed by atoms with Gasteiger partial charge in [0.25, 0.3) is 0 Å². The molecule has 3 rings (SSSR count). The quantitative estimate of drug-likeness (QED) is 0.870. The Morgan fingerprint density at radius 3 is 2.80 bits per heavy atom. The van der Waals surface area contributed by atoms with Gasteiger partial charge in [-0.3, -0.25) is 4.79 Å². The minimum Gasteiger partial charge on any atom is -0.392 e. The molecule has 2 atom stereocenters. The predicted molar refractivity (Wildman–Crippen MR) is 81.3 cm³/mol. The molecule has 1 aliphatic carbocycles. The smallest absolute Gasteiger partial charge is 0.246 e. The number of likely N-dealkylation sites (tertiary alicyclic amines) is 1. The molecule has 1 amide bonds. The molecule has 0 aromatic carbocycles. The van der Waals surface area contributed by atoms with Gasteiger partial charge in [-0.1, -0.05) is 6.42 Å². The number of carbonyl (C=O) groups is 1. The number of hydrogen-bond donors (Lipinski definition) is 1. The maximum atomic E-state index is 12.3. The molecule has 1 aromatic heterocycles. The molecule has 2 fully saturated rings. The lowest BCUT2D eigenvalue weighted by Crippen LogP contribution is -2.45. The number of nitrogens with zero attached hydrogens (tertiary/aromatic N) is 1. The summed E-state index contributed by atoms with van der Waals surface area (Å²) in [6, 6.07) is 1.93. The van der Waals surface area contributed by atoms with E-state index in [2.05, 4.69) is 0 Å². The van der Waals surface area contributed by atoms with Crippen LogP contribution in [0.2, 0.25) is 0 Å². The highest BCUT2D eigenvalue weighted by atomic mass is 32.1. The van der Waals surface area contributed by atoms with E-state index < -0.39 is 0 Å². The van der Waals surface area contributed by atoms with Crippen LogP contribution < -0.4 is 0 Å². The molecule has 0 spiro atoms. The molecule has 2 unspecified atom stereocenters. The second kappa shape index (κ2) is 6.10. The summed E-state index contributed by atoms with van der Waals surface area (Å²) in [7, 11) is 0. The Bertz CT molecular complexity index is 496. The lowest BCUT2D eigenvalue weighted by Gasteiger charge is -2.41. The zero-order valence-corrected chi connectivity index (χ0v) is 12.4. The van der Waals surface area contributed by atoms with Crippen LogP contribution >= 0.6 is 11.3 Å². The number of rotatable bonds is 3. The van der Waals surface area contributed by atoms with Crippen molar-refractivity contribution >= 4 is 23.3 Å². The van der Waals surface area contributed by atoms with Crippen molar-refractivity contribution in [3.8, 4) is 0 Å². The van der Waals surface area contributed by atoms with Crippen LogP contribution in [0, 0.1) is 11.8 Å². The molecule has 1 saturated carbocycles. The van der Waals surface area contributed by atoms with E-state index in [4.69, 9.17) is 5.11 Å². The van der Waals surface area contributed by atoms with E-state index in [1.165, 1.54) is 25.7 Å². The molecule has 2 heterocycles. The molecule has 3 nitrogen and oxygen atoms in total. The van der Waals surface area contributed by atoms with Crippen LogP contribution in [0.1, 0.15) is 36.1 Å². The van der Waals surface area contributed by atoms with Crippen LogP contribution in [-0.4, -0.2) is 29.0 Å². The largest absolute Gasteiger partial charge is 0.392 e. The molecular weight excluding hydrogens is 270 g/mol. The number of thiophene rings is 1. The van der Waals surface area contributed by atoms with E-state index in [9.17, 15) is 4.79 Å². The Morgan fingerprint density at radius 2 is 2.15 bits per heavy atom. The SMILES string of the molecule is O=C(C=Cc1cc(CO)cs1)N1CC2CCCC(C2)C1. The molecule has 1 saturated heterocycles. The minimum absolute atomic E-state index is 0.0633. The maximum absolute atomic E-state index is 12.3. The van der Waals surface area contributed by atoms with Crippen LogP contribution in [0.3, 0.4) is 0 Å². The standard InChI is InChI=1S/C16H21NO2S/c18-10-14-7-15(20-11-14)4-5-16(19)17-8-12-2-1-3-13(6-12)9-17/h4-5,7,11-13,18H,1-3,6,8-10H2. The van der Waals surface area contributed by atoms with Crippen molar-refractivity contribution in [1.29, 1.82) is 0 Å². The first-order chi connectivity index (χ1) is 9.74. The summed E-state index contributed by atoms with van der Waals surface area (Å²) in [6.45, 7) is 1.94. The summed E-state index contributed by atoms with van der Waals surface area (Å²) in [5.41, 5.74) is 0.912. The van der Waals surface area contributed by atoms with Crippen molar-refractivity contribution in [3.05, 3.63) is 28.0 Å². The lowest BCUT2D eigenvalue weighted by atomic mass is 9.78. The number of hydrogen-bond acceptors (Lipinski definition) is 3. The Labute approximate surface area is 123 Å². The molecule has 2 bridgehead atoms. The summed E-state index contributed by atoms with van der Waals surface area (Å²) in [4.78, 5) is 15.3. The summed E-state index contributed by atoms with van der Waals surface area (Å²) in [5, 5.41) is 11.0. The van der Waals surface area contributed by atoms with Crippen molar-refractivity contribution in [3.63, 3.8) is 0 Å². The fourth-order valence-electron chi connectivity index (χ4n) is 3.44. The van der Waals surface area contributed by atoms with Gasteiger partial charge in [-0.05, 0) is 54.2 Å². The molecule has 1 N–H and O–H groups in total. The average molecular weight is 291 g/mol.